The number of rotatable bonds is 4. The molecule has 0 saturated heterocycles. The maximum Gasteiger partial charge on any atom is 0.122 e. The quantitative estimate of drug-likeness (QED) is 0.929. The smallest absolute Gasteiger partial charge is 0.122 e. The first-order valence-electron chi connectivity index (χ1n) is 6.95. The van der Waals surface area contributed by atoms with Crippen molar-refractivity contribution in [2.45, 2.75) is 24.8 Å². The maximum absolute atomic E-state index is 6.30. The standard InChI is InChI=1S/C17H18ClNO/c18-16-7-3-1-5-12(16)9-14(19)10-13-11-20-17-8-4-2-6-15(13)17/h1-8,13-14H,9-11,19H2. The van der Waals surface area contributed by atoms with E-state index >= 15 is 0 Å². The Balaban J connectivity index is 1.66. The molecule has 0 aliphatic carbocycles. The third-order valence-electron chi connectivity index (χ3n) is 3.83. The SMILES string of the molecule is NC(Cc1ccccc1Cl)CC1COc2ccccc21. The minimum atomic E-state index is 0.0923. The van der Waals surface area contributed by atoms with Gasteiger partial charge in [-0.3, -0.25) is 0 Å². The molecule has 1 aliphatic rings. The lowest BCUT2D eigenvalue weighted by molar-refractivity contribution is 0.318. The lowest BCUT2D eigenvalue weighted by atomic mass is 9.91. The molecule has 2 atom stereocenters. The highest BCUT2D eigenvalue weighted by Gasteiger charge is 2.25. The zero-order valence-electron chi connectivity index (χ0n) is 11.3. The fraction of sp³-hybridized carbons (Fsp3) is 0.294. The molecule has 0 radical (unpaired) electrons. The van der Waals surface area contributed by atoms with Crippen molar-refractivity contribution >= 4 is 11.6 Å². The van der Waals surface area contributed by atoms with Crippen molar-refractivity contribution in [1.82, 2.24) is 0 Å². The fourth-order valence-corrected chi connectivity index (χ4v) is 3.03. The van der Waals surface area contributed by atoms with E-state index in [0.29, 0.717) is 5.92 Å². The van der Waals surface area contributed by atoms with Crippen LogP contribution in [-0.2, 0) is 6.42 Å². The second kappa shape index (κ2) is 5.86. The summed E-state index contributed by atoms with van der Waals surface area (Å²) in [6.45, 7) is 0.732. The van der Waals surface area contributed by atoms with Gasteiger partial charge < -0.3 is 10.5 Å². The Morgan fingerprint density at radius 1 is 1.15 bits per heavy atom. The van der Waals surface area contributed by atoms with Crippen LogP contribution in [0.3, 0.4) is 0 Å². The van der Waals surface area contributed by atoms with Crippen molar-refractivity contribution in [3.63, 3.8) is 0 Å². The van der Waals surface area contributed by atoms with E-state index in [-0.39, 0.29) is 6.04 Å². The summed E-state index contributed by atoms with van der Waals surface area (Å²) in [5.74, 6) is 1.39. The summed E-state index contributed by atoms with van der Waals surface area (Å²) >= 11 is 6.19. The van der Waals surface area contributed by atoms with Gasteiger partial charge in [0.1, 0.15) is 5.75 Å². The van der Waals surface area contributed by atoms with Crippen LogP contribution < -0.4 is 10.5 Å². The minimum absolute atomic E-state index is 0.0923. The molecule has 0 saturated carbocycles. The average molecular weight is 288 g/mol. The average Bonchev–Trinajstić information content (AvgIpc) is 2.85. The zero-order valence-corrected chi connectivity index (χ0v) is 12.0. The first-order chi connectivity index (χ1) is 9.74. The van der Waals surface area contributed by atoms with Gasteiger partial charge in [-0.15, -0.1) is 0 Å². The van der Waals surface area contributed by atoms with Gasteiger partial charge in [0.25, 0.3) is 0 Å². The van der Waals surface area contributed by atoms with Crippen molar-refractivity contribution in [1.29, 1.82) is 0 Å². The van der Waals surface area contributed by atoms with Gasteiger partial charge in [-0.1, -0.05) is 48.0 Å². The van der Waals surface area contributed by atoms with Crippen LogP contribution in [0.4, 0.5) is 0 Å². The predicted molar refractivity (Wildman–Crippen MR) is 82.4 cm³/mol. The van der Waals surface area contributed by atoms with E-state index in [1.807, 2.05) is 36.4 Å². The molecular weight excluding hydrogens is 270 g/mol. The molecule has 0 bridgehead atoms. The first-order valence-corrected chi connectivity index (χ1v) is 7.32. The van der Waals surface area contributed by atoms with Crippen LogP contribution in [0.15, 0.2) is 48.5 Å². The molecule has 2 aromatic carbocycles. The Morgan fingerprint density at radius 2 is 1.90 bits per heavy atom. The Labute approximate surface area is 124 Å². The van der Waals surface area contributed by atoms with Crippen LogP contribution in [0.5, 0.6) is 5.75 Å². The summed E-state index contributed by atoms with van der Waals surface area (Å²) in [5.41, 5.74) is 8.70. The second-order valence-corrected chi connectivity index (χ2v) is 5.74. The van der Waals surface area contributed by atoms with Gasteiger partial charge in [0.15, 0.2) is 0 Å². The molecule has 3 heteroatoms. The summed E-state index contributed by atoms with van der Waals surface area (Å²) in [6.07, 6.45) is 1.72. The van der Waals surface area contributed by atoms with E-state index in [0.717, 1.165) is 35.8 Å². The lowest BCUT2D eigenvalue weighted by Gasteiger charge is -2.16. The third-order valence-corrected chi connectivity index (χ3v) is 4.19. The van der Waals surface area contributed by atoms with Crippen molar-refractivity contribution in [2.24, 2.45) is 5.73 Å². The van der Waals surface area contributed by atoms with Crippen LogP contribution in [0.2, 0.25) is 5.02 Å². The number of fused-ring (bicyclic) bond motifs is 1. The number of halogens is 1. The van der Waals surface area contributed by atoms with Crippen LogP contribution >= 0.6 is 11.6 Å². The second-order valence-electron chi connectivity index (χ2n) is 5.34. The molecule has 104 valence electrons. The summed E-state index contributed by atoms with van der Waals surface area (Å²) in [7, 11) is 0. The van der Waals surface area contributed by atoms with Crippen LogP contribution in [0.1, 0.15) is 23.5 Å². The molecule has 0 spiro atoms. The van der Waals surface area contributed by atoms with Gasteiger partial charge in [0, 0.05) is 22.5 Å². The van der Waals surface area contributed by atoms with Crippen molar-refractivity contribution in [3.8, 4) is 5.75 Å². The third kappa shape index (κ3) is 2.82. The Kier molecular flexibility index (Phi) is 3.95. The molecule has 0 amide bonds. The predicted octanol–water partition coefficient (Wildman–Crippen LogP) is 3.78. The molecule has 20 heavy (non-hydrogen) atoms. The summed E-state index contributed by atoms with van der Waals surface area (Å²) < 4.78 is 5.70. The van der Waals surface area contributed by atoms with Gasteiger partial charge >= 0.3 is 0 Å². The number of hydrogen-bond acceptors (Lipinski definition) is 2. The largest absolute Gasteiger partial charge is 0.493 e. The van der Waals surface area contributed by atoms with Crippen LogP contribution in [0.25, 0.3) is 0 Å². The number of benzene rings is 2. The van der Waals surface area contributed by atoms with Crippen LogP contribution in [-0.4, -0.2) is 12.6 Å². The Morgan fingerprint density at radius 3 is 2.75 bits per heavy atom. The molecule has 2 aromatic rings. The van der Waals surface area contributed by atoms with Gasteiger partial charge in [-0.05, 0) is 30.5 Å². The molecule has 3 rings (SSSR count). The maximum atomic E-state index is 6.30. The monoisotopic (exact) mass is 287 g/mol. The van der Waals surface area contributed by atoms with E-state index in [9.17, 15) is 0 Å². The molecule has 2 nitrogen and oxygen atoms in total. The van der Waals surface area contributed by atoms with Gasteiger partial charge in [0.2, 0.25) is 0 Å². The molecule has 2 unspecified atom stereocenters. The highest BCUT2D eigenvalue weighted by atomic mass is 35.5. The number of ether oxygens (including phenoxy) is 1. The summed E-state index contributed by atoms with van der Waals surface area (Å²) in [4.78, 5) is 0. The number of hydrogen-bond donors (Lipinski definition) is 1. The van der Waals surface area contributed by atoms with Crippen molar-refractivity contribution in [2.75, 3.05) is 6.61 Å². The van der Waals surface area contributed by atoms with Crippen LogP contribution in [0, 0.1) is 0 Å². The topological polar surface area (TPSA) is 35.2 Å². The molecule has 1 aliphatic heterocycles. The number of nitrogens with two attached hydrogens (primary N) is 1. The molecule has 2 N–H and O–H groups in total. The molecule has 0 fully saturated rings. The Bertz CT molecular complexity index is 599. The highest BCUT2D eigenvalue weighted by molar-refractivity contribution is 6.31. The minimum Gasteiger partial charge on any atom is -0.493 e. The zero-order chi connectivity index (χ0) is 13.9. The van der Waals surface area contributed by atoms with Crippen molar-refractivity contribution < 1.29 is 4.74 Å². The van der Waals surface area contributed by atoms with E-state index in [4.69, 9.17) is 22.1 Å². The first kappa shape index (κ1) is 13.5. The lowest BCUT2D eigenvalue weighted by Crippen LogP contribution is -2.26. The normalized spacial score (nSPS) is 18.4. The van der Waals surface area contributed by atoms with E-state index in [2.05, 4.69) is 12.1 Å². The highest BCUT2D eigenvalue weighted by Crippen LogP contribution is 2.36. The van der Waals surface area contributed by atoms with Crippen molar-refractivity contribution in [3.05, 3.63) is 64.7 Å². The Hall–Kier alpha value is -1.51. The van der Waals surface area contributed by atoms with Gasteiger partial charge in [-0.25, -0.2) is 0 Å². The molecular formula is C17H18ClNO. The number of para-hydroxylation sites is 1. The molecule has 0 aromatic heterocycles. The van der Waals surface area contributed by atoms with E-state index in [1.165, 1.54) is 5.56 Å². The van der Waals surface area contributed by atoms with Gasteiger partial charge in [0.05, 0.1) is 6.61 Å². The van der Waals surface area contributed by atoms with E-state index < -0.39 is 0 Å². The summed E-state index contributed by atoms with van der Waals surface area (Å²) in [6, 6.07) is 16.2. The van der Waals surface area contributed by atoms with Gasteiger partial charge in [-0.2, -0.15) is 0 Å². The summed E-state index contributed by atoms with van der Waals surface area (Å²) in [5, 5.41) is 0.797. The van der Waals surface area contributed by atoms with E-state index in [1.54, 1.807) is 0 Å². The molecule has 1 heterocycles. The fourth-order valence-electron chi connectivity index (χ4n) is 2.82.